The third kappa shape index (κ3) is 5.77. The van der Waals surface area contributed by atoms with Gasteiger partial charge in [0.25, 0.3) is 16.0 Å². The fourth-order valence-electron chi connectivity index (χ4n) is 3.66. The highest BCUT2D eigenvalue weighted by Gasteiger charge is 2.21. The minimum absolute atomic E-state index is 0.185. The molecule has 174 valence electrons. The molecule has 1 aliphatic rings. The summed E-state index contributed by atoms with van der Waals surface area (Å²) >= 11 is 0. The SMILES string of the molecule is CC(c1ccc(-c2ccccc2)c(F)c1)c1cc(N=C(NOS(C)(=O)=O)N2CCCC2)on1. The minimum Gasteiger partial charge on any atom is -0.341 e. The summed E-state index contributed by atoms with van der Waals surface area (Å²) in [5.41, 5.74) is 5.06. The van der Waals surface area contributed by atoms with Crippen LogP contribution in [0.4, 0.5) is 10.3 Å². The van der Waals surface area contributed by atoms with Gasteiger partial charge in [0.15, 0.2) is 0 Å². The molecule has 1 aliphatic heterocycles. The maximum Gasteiger partial charge on any atom is 0.285 e. The molecule has 10 heteroatoms. The number of guanidine groups is 1. The number of halogens is 1. The Morgan fingerprint density at radius 2 is 1.91 bits per heavy atom. The lowest BCUT2D eigenvalue weighted by molar-refractivity contribution is 0.250. The Morgan fingerprint density at radius 3 is 2.58 bits per heavy atom. The van der Waals surface area contributed by atoms with Gasteiger partial charge in [-0.2, -0.15) is 13.4 Å². The van der Waals surface area contributed by atoms with Crippen molar-refractivity contribution in [3.63, 3.8) is 0 Å². The number of rotatable bonds is 6. The lowest BCUT2D eigenvalue weighted by Crippen LogP contribution is -2.40. The van der Waals surface area contributed by atoms with Crippen molar-refractivity contribution in [1.29, 1.82) is 0 Å². The van der Waals surface area contributed by atoms with E-state index in [1.807, 2.05) is 48.2 Å². The maximum absolute atomic E-state index is 14.8. The lowest BCUT2D eigenvalue weighted by Gasteiger charge is -2.19. The number of hydrogen-bond acceptors (Lipinski definition) is 6. The maximum atomic E-state index is 14.8. The second-order valence-corrected chi connectivity index (χ2v) is 9.51. The molecule has 1 aromatic heterocycles. The van der Waals surface area contributed by atoms with E-state index < -0.39 is 10.1 Å². The summed E-state index contributed by atoms with van der Waals surface area (Å²) in [4.78, 5) is 6.22. The Kier molecular flexibility index (Phi) is 6.75. The number of hydrogen-bond donors (Lipinski definition) is 1. The van der Waals surface area contributed by atoms with Gasteiger partial charge in [0, 0.05) is 30.6 Å². The molecule has 0 saturated carbocycles. The Morgan fingerprint density at radius 1 is 1.18 bits per heavy atom. The number of nitrogens with zero attached hydrogens (tertiary/aromatic N) is 3. The van der Waals surface area contributed by atoms with Crippen LogP contribution in [-0.2, 0) is 14.4 Å². The molecule has 4 rings (SSSR count). The molecule has 0 bridgehead atoms. The zero-order valence-electron chi connectivity index (χ0n) is 18.4. The van der Waals surface area contributed by atoms with Crippen molar-refractivity contribution in [3.05, 3.63) is 71.7 Å². The fourth-order valence-corrected chi connectivity index (χ4v) is 3.89. The highest BCUT2D eigenvalue weighted by Crippen LogP contribution is 2.30. The summed E-state index contributed by atoms with van der Waals surface area (Å²) < 4.78 is 47.6. The molecule has 8 nitrogen and oxygen atoms in total. The standard InChI is InChI=1S/C23H25FN4O4S/c1-16(18-10-11-19(20(24)14-18)17-8-4-3-5-9-17)21-15-22(31-26-21)25-23(27-32-33(2,29)30)28-12-6-7-13-28/h3-5,8-11,14-16H,6-7,12-13H2,1-2H3,(H,25,27). The van der Waals surface area contributed by atoms with E-state index in [0.717, 1.165) is 30.2 Å². The first-order valence-electron chi connectivity index (χ1n) is 10.6. The third-order valence-electron chi connectivity index (χ3n) is 5.44. The second kappa shape index (κ2) is 9.72. The summed E-state index contributed by atoms with van der Waals surface area (Å²) in [6.45, 7) is 3.32. The van der Waals surface area contributed by atoms with Crippen molar-refractivity contribution < 1.29 is 21.6 Å². The summed E-state index contributed by atoms with van der Waals surface area (Å²) in [6, 6.07) is 16.1. The molecule has 1 unspecified atom stereocenters. The van der Waals surface area contributed by atoms with E-state index in [-0.39, 0.29) is 23.6 Å². The van der Waals surface area contributed by atoms with Gasteiger partial charge in [-0.25, -0.2) is 9.87 Å². The van der Waals surface area contributed by atoms with Crippen molar-refractivity contribution in [1.82, 2.24) is 15.5 Å². The van der Waals surface area contributed by atoms with Gasteiger partial charge in [0.1, 0.15) is 5.82 Å². The molecule has 0 aliphatic carbocycles. The van der Waals surface area contributed by atoms with Crippen molar-refractivity contribution in [3.8, 4) is 11.1 Å². The Hall–Kier alpha value is -3.24. The normalized spacial score (nSPS) is 15.6. The molecule has 3 aromatic rings. The molecule has 1 atom stereocenters. The quantitative estimate of drug-likeness (QED) is 0.326. The largest absolute Gasteiger partial charge is 0.341 e. The average Bonchev–Trinajstić information content (AvgIpc) is 3.48. The predicted octanol–water partition coefficient (Wildman–Crippen LogP) is 4.20. The van der Waals surface area contributed by atoms with Crippen LogP contribution < -0.4 is 5.48 Å². The highest BCUT2D eigenvalue weighted by atomic mass is 32.2. The van der Waals surface area contributed by atoms with Crippen LogP contribution in [0.15, 0.2) is 64.1 Å². The predicted molar refractivity (Wildman–Crippen MR) is 123 cm³/mol. The summed E-state index contributed by atoms with van der Waals surface area (Å²) in [6.07, 6.45) is 2.86. The molecule has 0 radical (unpaired) electrons. The van der Waals surface area contributed by atoms with Crippen LogP contribution in [-0.4, -0.2) is 43.8 Å². The summed E-state index contributed by atoms with van der Waals surface area (Å²) in [7, 11) is -3.71. The Labute approximate surface area is 192 Å². The average molecular weight is 473 g/mol. The molecule has 1 N–H and O–H groups in total. The van der Waals surface area contributed by atoms with E-state index in [1.54, 1.807) is 12.1 Å². The first-order valence-corrected chi connectivity index (χ1v) is 12.4. The van der Waals surface area contributed by atoms with Crippen LogP contribution in [0.2, 0.25) is 0 Å². The van der Waals surface area contributed by atoms with Gasteiger partial charge in [-0.1, -0.05) is 54.5 Å². The molecular weight excluding hydrogens is 447 g/mol. The van der Waals surface area contributed by atoms with Crippen molar-refractivity contribution >= 4 is 22.0 Å². The first-order chi connectivity index (χ1) is 15.8. The topological polar surface area (TPSA) is 97.0 Å². The minimum atomic E-state index is -3.71. The number of nitrogens with one attached hydrogen (secondary N) is 1. The van der Waals surface area contributed by atoms with Gasteiger partial charge < -0.3 is 9.42 Å². The Balaban J connectivity index is 1.54. The molecule has 2 aromatic carbocycles. The van der Waals surface area contributed by atoms with E-state index >= 15 is 0 Å². The van der Waals surface area contributed by atoms with E-state index in [2.05, 4.69) is 15.6 Å². The van der Waals surface area contributed by atoms with Gasteiger partial charge in [0.2, 0.25) is 5.96 Å². The van der Waals surface area contributed by atoms with Crippen molar-refractivity contribution in [2.75, 3.05) is 19.3 Å². The second-order valence-electron chi connectivity index (χ2n) is 7.94. The number of benzene rings is 2. The number of likely N-dealkylation sites (tertiary alicyclic amines) is 1. The first kappa shape index (κ1) is 22.9. The zero-order valence-corrected chi connectivity index (χ0v) is 19.2. The highest BCUT2D eigenvalue weighted by molar-refractivity contribution is 7.85. The molecule has 0 amide bonds. The monoisotopic (exact) mass is 472 g/mol. The van der Waals surface area contributed by atoms with E-state index in [1.165, 1.54) is 6.07 Å². The summed E-state index contributed by atoms with van der Waals surface area (Å²) in [5, 5.41) is 4.08. The molecule has 0 spiro atoms. The molecule has 2 heterocycles. The van der Waals surface area contributed by atoms with Crippen LogP contribution in [0.3, 0.4) is 0 Å². The van der Waals surface area contributed by atoms with Crippen molar-refractivity contribution in [2.24, 2.45) is 4.99 Å². The van der Waals surface area contributed by atoms with E-state index in [9.17, 15) is 12.8 Å². The van der Waals surface area contributed by atoms with Gasteiger partial charge in [-0.3, -0.25) is 0 Å². The van der Waals surface area contributed by atoms with Crippen molar-refractivity contribution in [2.45, 2.75) is 25.7 Å². The summed E-state index contributed by atoms with van der Waals surface area (Å²) in [5.74, 6) is -0.144. The van der Waals surface area contributed by atoms with Gasteiger partial charge >= 0.3 is 0 Å². The Bertz CT molecular complexity index is 1240. The van der Waals surface area contributed by atoms with Gasteiger partial charge in [-0.15, -0.1) is 4.28 Å². The van der Waals surface area contributed by atoms with Crippen LogP contribution in [0.1, 0.15) is 36.9 Å². The van der Waals surface area contributed by atoms with Gasteiger partial charge in [0.05, 0.1) is 11.9 Å². The van der Waals surface area contributed by atoms with Crippen LogP contribution in [0, 0.1) is 5.82 Å². The zero-order chi connectivity index (χ0) is 23.4. The smallest absolute Gasteiger partial charge is 0.285 e. The molecule has 1 fully saturated rings. The van der Waals surface area contributed by atoms with Crippen LogP contribution >= 0.6 is 0 Å². The fraction of sp³-hybridized carbons (Fsp3) is 0.304. The third-order valence-corrected chi connectivity index (χ3v) is 5.83. The van der Waals surface area contributed by atoms with Gasteiger partial charge in [-0.05, 0) is 30.0 Å². The number of aromatic nitrogens is 1. The molecule has 33 heavy (non-hydrogen) atoms. The van der Waals surface area contributed by atoms with E-state index in [0.29, 0.717) is 24.3 Å². The molecular formula is C23H25FN4O4S. The number of aliphatic imine (C=N–C) groups is 1. The molecule has 1 saturated heterocycles. The van der Waals surface area contributed by atoms with Crippen LogP contribution in [0.5, 0.6) is 0 Å². The van der Waals surface area contributed by atoms with Crippen LogP contribution in [0.25, 0.3) is 11.1 Å². The van der Waals surface area contributed by atoms with E-state index in [4.69, 9.17) is 8.81 Å². The lowest BCUT2D eigenvalue weighted by atomic mass is 9.95. The number of hydroxylamine groups is 1.